The number of aromatic nitrogens is 7. The fourth-order valence-corrected chi connectivity index (χ4v) is 6.41. The first-order chi connectivity index (χ1) is 19.1. The molecule has 0 spiro atoms. The van der Waals surface area contributed by atoms with Crippen molar-refractivity contribution in [3.8, 4) is 0 Å². The lowest BCUT2D eigenvalue weighted by Gasteiger charge is -2.24. The van der Waals surface area contributed by atoms with Crippen molar-refractivity contribution in [1.82, 2.24) is 34.1 Å². The van der Waals surface area contributed by atoms with Crippen LogP contribution < -0.4 is 16.9 Å². The first-order valence-electron chi connectivity index (χ1n) is 12.2. The average molecular weight is 597 g/mol. The minimum atomic E-state index is -4.07. The van der Waals surface area contributed by atoms with Crippen molar-refractivity contribution in [1.29, 1.82) is 0 Å². The molecule has 6 rings (SSSR count). The number of H-pyrrole nitrogens is 2. The predicted octanol–water partition coefficient (Wildman–Crippen LogP) is -0.192. The summed E-state index contributed by atoms with van der Waals surface area (Å²) in [7, 11) is 0. The fraction of sp³-hybridized carbons (Fsp3) is 0.476. The maximum Gasteiger partial charge on any atom is 0.386 e. The third-order valence-electron chi connectivity index (χ3n) is 6.77. The van der Waals surface area contributed by atoms with Crippen LogP contribution in [0.2, 0.25) is 0 Å². The largest absolute Gasteiger partial charge is 0.394 e. The van der Waals surface area contributed by atoms with E-state index in [0.717, 1.165) is 0 Å². The summed E-state index contributed by atoms with van der Waals surface area (Å²) in [5.41, 5.74) is 5.32. The van der Waals surface area contributed by atoms with Gasteiger partial charge in [0.15, 0.2) is 17.4 Å². The van der Waals surface area contributed by atoms with Crippen molar-refractivity contribution < 1.29 is 33.3 Å². The molecule has 1 unspecified atom stereocenters. The van der Waals surface area contributed by atoms with Crippen molar-refractivity contribution in [3.63, 3.8) is 0 Å². The monoisotopic (exact) mass is 596 g/mol. The number of nitrogens with one attached hydrogen (secondary N) is 2. The summed E-state index contributed by atoms with van der Waals surface area (Å²) in [5.74, 6) is -0.138. The molecule has 2 aliphatic heterocycles. The van der Waals surface area contributed by atoms with Crippen LogP contribution in [0.3, 0.4) is 0 Å². The number of anilines is 1. The second-order valence-corrected chi connectivity index (χ2v) is 12.3. The molecule has 0 aromatic carbocycles. The number of nitrogens with two attached hydrogens (primary N) is 1. The number of fused-ring (bicyclic) bond motifs is 2. The van der Waals surface area contributed by atoms with Crippen molar-refractivity contribution in [3.05, 3.63) is 45.6 Å². The highest BCUT2D eigenvalue weighted by molar-refractivity contribution is 8.44. The smallest absolute Gasteiger partial charge is 0.386 e. The Morgan fingerprint density at radius 3 is 2.83 bits per heavy atom. The number of nitrogen functional groups attached to an aromatic ring is 1. The van der Waals surface area contributed by atoms with Crippen molar-refractivity contribution >= 4 is 47.2 Å². The Hall–Kier alpha value is -3.09. The zero-order valence-electron chi connectivity index (χ0n) is 20.6. The van der Waals surface area contributed by atoms with Gasteiger partial charge >= 0.3 is 6.80 Å². The first-order valence-corrected chi connectivity index (χ1v) is 14.8. The van der Waals surface area contributed by atoms with Gasteiger partial charge in [0.05, 0.1) is 43.5 Å². The lowest BCUT2D eigenvalue weighted by Crippen LogP contribution is -2.27. The van der Waals surface area contributed by atoms with E-state index >= 15 is 0 Å². The highest BCUT2D eigenvalue weighted by Crippen LogP contribution is 2.57. The SMILES string of the molecule is Nc1nc2c(ncn2[C@@H]2O[C@H](CO)C[C@H]2OP(=O)(S)OC[C@H]2O[C@@H](n3ccc4c(=O)[nH]cnc43)C[C@@H]2O)c(=O)[nH]1. The fourth-order valence-electron chi connectivity index (χ4n) is 4.92. The molecule has 0 radical (unpaired) electrons. The second-order valence-electron chi connectivity index (χ2n) is 9.37. The Kier molecular flexibility index (Phi) is 7.04. The van der Waals surface area contributed by atoms with Gasteiger partial charge in [0.2, 0.25) is 5.95 Å². The number of imidazole rings is 1. The summed E-state index contributed by atoms with van der Waals surface area (Å²) in [5, 5.41) is 20.6. The van der Waals surface area contributed by atoms with Crippen LogP contribution in [0.4, 0.5) is 5.95 Å². The Balaban J connectivity index is 1.15. The van der Waals surface area contributed by atoms with E-state index in [2.05, 4.69) is 37.2 Å². The molecule has 2 aliphatic rings. The summed E-state index contributed by atoms with van der Waals surface area (Å²) in [4.78, 5) is 41.4. The molecule has 0 aliphatic carbocycles. The van der Waals surface area contributed by atoms with E-state index in [9.17, 15) is 24.4 Å². The topological polar surface area (TPSA) is 235 Å². The number of nitrogens with zero attached hydrogens (tertiary/aromatic N) is 5. The number of hydrogen-bond acceptors (Lipinski definition) is 13. The highest BCUT2D eigenvalue weighted by Gasteiger charge is 2.43. The molecule has 0 saturated carbocycles. The Labute approximate surface area is 228 Å². The van der Waals surface area contributed by atoms with Gasteiger partial charge in [-0.1, -0.05) is 12.2 Å². The Morgan fingerprint density at radius 1 is 1.20 bits per heavy atom. The van der Waals surface area contributed by atoms with Crippen molar-refractivity contribution in [2.24, 2.45) is 0 Å². The van der Waals surface area contributed by atoms with Gasteiger partial charge in [-0.3, -0.25) is 28.2 Å². The van der Waals surface area contributed by atoms with Gasteiger partial charge in [0, 0.05) is 19.0 Å². The van der Waals surface area contributed by atoms with Crippen LogP contribution in [0.5, 0.6) is 0 Å². The van der Waals surface area contributed by atoms with Crippen LogP contribution in [0.15, 0.2) is 34.5 Å². The van der Waals surface area contributed by atoms with Gasteiger partial charge in [-0.15, -0.1) is 0 Å². The standard InChI is InChI=1S/C21H25N8O9PS/c22-21-26-17-15(19(33)27-21)25-8-29(17)20-12(3-9(5-30)36-20)38-39(34,40)35-6-13-11(31)4-14(37-13)28-2-1-10-16(28)23-7-24-18(10)32/h1-2,7-9,11-14,20,30-31H,3-6H2,(H,34,40)(H,23,24,32)(H3,22,26,27,33)/t9-,11-,12+,13+,14+,20+,39?/m0/s1. The number of thiol groups is 1. The zero-order valence-corrected chi connectivity index (χ0v) is 22.4. The molecule has 19 heteroatoms. The van der Waals surface area contributed by atoms with Gasteiger partial charge in [0.25, 0.3) is 11.1 Å². The molecule has 0 amide bonds. The highest BCUT2D eigenvalue weighted by atomic mass is 32.7. The normalized spacial score (nSPS) is 28.5. The van der Waals surface area contributed by atoms with Crippen LogP contribution in [0.1, 0.15) is 25.3 Å². The molecule has 7 atom stereocenters. The molecule has 214 valence electrons. The molecule has 4 aromatic rings. The minimum Gasteiger partial charge on any atom is -0.394 e. The van der Waals surface area contributed by atoms with E-state index in [1.807, 2.05) is 0 Å². The summed E-state index contributed by atoms with van der Waals surface area (Å²) in [6, 6.07) is 1.60. The number of hydrogen-bond donors (Lipinski definition) is 6. The maximum atomic E-state index is 13.2. The Morgan fingerprint density at radius 2 is 2.02 bits per heavy atom. The van der Waals surface area contributed by atoms with Crippen LogP contribution in [0, 0.1) is 0 Å². The number of rotatable bonds is 8. The molecular weight excluding hydrogens is 571 g/mol. The van der Waals surface area contributed by atoms with Crippen LogP contribution in [-0.2, 0) is 23.1 Å². The summed E-state index contributed by atoms with van der Waals surface area (Å²) in [6.45, 7) is -4.75. The first kappa shape index (κ1) is 27.1. The summed E-state index contributed by atoms with van der Waals surface area (Å²) < 4.78 is 39.2. The zero-order chi connectivity index (χ0) is 28.2. The third-order valence-corrected chi connectivity index (χ3v) is 8.41. The average Bonchev–Trinajstić information content (AvgIpc) is 3.68. The third kappa shape index (κ3) is 4.97. The second kappa shape index (κ2) is 10.4. The molecule has 6 heterocycles. The van der Waals surface area contributed by atoms with Crippen LogP contribution >= 0.6 is 19.0 Å². The number of aliphatic hydroxyl groups is 2. The molecule has 40 heavy (non-hydrogen) atoms. The number of aromatic amines is 2. The Bertz CT molecular complexity index is 1720. The van der Waals surface area contributed by atoms with Gasteiger partial charge in [-0.2, -0.15) is 4.98 Å². The predicted molar refractivity (Wildman–Crippen MR) is 140 cm³/mol. The molecule has 4 aromatic heterocycles. The molecule has 0 bridgehead atoms. The molecule has 17 nitrogen and oxygen atoms in total. The van der Waals surface area contributed by atoms with Gasteiger partial charge in [0.1, 0.15) is 24.1 Å². The summed E-state index contributed by atoms with van der Waals surface area (Å²) in [6.07, 6.45) is -0.635. The van der Waals surface area contributed by atoms with Crippen molar-refractivity contribution in [2.75, 3.05) is 18.9 Å². The van der Waals surface area contributed by atoms with E-state index < -0.39 is 49.2 Å². The lowest BCUT2D eigenvalue weighted by molar-refractivity contribution is -0.0519. The maximum absolute atomic E-state index is 13.2. The van der Waals surface area contributed by atoms with E-state index in [0.29, 0.717) is 11.0 Å². The molecular formula is C21H25N8O9PS. The summed E-state index contributed by atoms with van der Waals surface area (Å²) >= 11 is 4.10. The van der Waals surface area contributed by atoms with E-state index in [1.54, 1.807) is 16.8 Å². The van der Waals surface area contributed by atoms with E-state index in [-0.39, 0.29) is 48.7 Å². The number of ether oxygens (including phenoxy) is 2. The van der Waals surface area contributed by atoms with Gasteiger partial charge < -0.3 is 35.0 Å². The van der Waals surface area contributed by atoms with Crippen LogP contribution in [0.25, 0.3) is 22.2 Å². The van der Waals surface area contributed by atoms with E-state index in [1.165, 1.54) is 17.2 Å². The van der Waals surface area contributed by atoms with Gasteiger partial charge in [-0.25, -0.2) is 14.5 Å². The number of aliphatic hydroxyl groups excluding tert-OH is 2. The minimum absolute atomic E-state index is 0.00602. The quantitative estimate of drug-likeness (QED) is 0.114. The van der Waals surface area contributed by atoms with E-state index in [4.69, 9.17) is 24.3 Å². The van der Waals surface area contributed by atoms with Gasteiger partial charge in [-0.05, 0) is 6.07 Å². The van der Waals surface area contributed by atoms with Crippen molar-refractivity contribution in [2.45, 2.75) is 49.7 Å². The molecule has 2 fully saturated rings. The molecule has 6 N–H and O–H groups in total. The lowest BCUT2D eigenvalue weighted by atomic mass is 10.2. The molecule has 2 saturated heterocycles. The van der Waals surface area contributed by atoms with Crippen LogP contribution in [-0.4, -0.2) is 81.9 Å².